The summed E-state index contributed by atoms with van der Waals surface area (Å²) in [6.07, 6.45) is 2.81. The number of carboxylic acid groups (broad SMARTS) is 1. The van der Waals surface area contributed by atoms with E-state index in [4.69, 9.17) is 10.8 Å². The number of hydrogen-bond acceptors (Lipinski definition) is 5. The maximum atomic E-state index is 12.0. The van der Waals surface area contributed by atoms with E-state index in [0.717, 1.165) is 11.4 Å². The molecule has 7 heteroatoms. The van der Waals surface area contributed by atoms with Gasteiger partial charge in [-0.1, -0.05) is 6.42 Å². The third kappa shape index (κ3) is 3.30. The highest BCUT2D eigenvalue weighted by Crippen LogP contribution is 2.26. The number of nitrogens with one attached hydrogen (secondary N) is 1. The van der Waals surface area contributed by atoms with Crippen LogP contribution >= 0.6 is 11.3 Å². The fourth-order valence-electron chi connectivity index (χ4n) is 2.32. The average Bonchev–Trinajstić information content (AvgIpc) is 2.98. The number of hydrogen-bond donors (Lipinski definition) is 3. The minimum Gasteiger partial charge on any atom is -0.481 e. The van der Waals surface area contributed by atoms with Crippen molar-refractivity contribution in [2.45, 2.75) is 31.7 Å². The smallest absolute Gasteiger partial charge is 0.308 e. The Morgan fingerprint density at radius 2 is 2.32 bits per heavy atom. The van der Waals surface area contributed by atoms with Gasteiger partial charge in [0, 0.05) is 17.8 Å². The van der Waals surface area contributed by atoms with Gasteiger partial charge in [-0.25, -0.2) is 4.98 Å². The van der Waals surface area contributed by atoms with E-state index in [2.05, 4.69) is 10.3 Å². The second kappa shape index (κ2) is 6.12. The minimum absolute atomic E-state index is 0.287. The zero-order chi connectivity index (χ0) is 13.8. The molecule has 1 aromatic rings. The van der Waals surface area contributed by atoms with Gasteiger partial charge in [0.15, 0.2) is 0 Å². The quantitative estimate of drug-likeness (QED) is 0.735. The van der Waals surface area contributed by atoms with E-state index in [0.29, 0.717) is 31.5 Å². The van der Waals surface area contributed by atoms with Gasteiger partial charge in [-0.05, 0) is 19.4 Å². The topological polar surface area (TPSA) is 105 Å². The molecule has 6 nitrogen and oxygen atoms in total. The van der Waals surface area contributed by atoms with Crippen molar-refractivity contribution in [3.63, 3.8) is 0 Å². The zero-order valence-electron chi connectivity index (χ0n) is 10.5. The lowest BCUT2D eigenvalue weighted by molar-refractivity contribution is -0.142. The van der Waals surface area contributed by atoms with Crippen molar-refractivity contribution in [1.29, 1.82) is 0 Å². The van der Waals surface area contributed by atoms with Crippen LogP contribution in [0.1, 0.15) is 34.8 Å². The van der Waals surface area contributed by atoms with Crippen LogP contribution in [0.3, 0.4) is 0 Å². The van der Waals surface area contributed by atoms with Crippen molar-refractivity contribution in [2.75, 3.05) is 6.54 Å². The van der Waals surface area contributed by atoms with Crippen molar-refractivity contribution in [3.05, 3.63) is 16.1 Å². The number of rotatable bonds is 5. The van der Waals surface area contributed by atoms with Crippen molar-refractivity contribution in [1.82, 2.24) is 10.3 Å². The first-order chi connectivity index (χ1) is 9.11. The van der Waals surface area contributed by atoms with Crippen LogP contribution in [-0.2, 0) is 11.2 Å². The molecular weight excluding hydrogens is 266 g/mol. The number of nitrogens with zero attached hydrogens (tertiary/aromatic N) is 1. The Labute approximate surface area is 115 Å². The summed E-state index contributed by atoms with van der Waals surface area (Å²) in [6, 6.07) is -0.287. The highest BCUT2D eigenvalue weighted by Gasteiger charge is 2.34. The number of thiazole rings is 1. The van der Waals surface area contributed by atoms with Crippen LogP contribution in [-0.4, -0.2) is 34.6 Å². The van der Waals surface area contributed by atoms with Crippen LogP contribution in [0.25, 0.3) is 0 Å². The van der Waals surface area contributed by atoms with Gasteiger partial charge in [0.2, 0.25) is 0 Å². The molecule has 1 fully saturated rings. The van der Waals surface area contributed by atoms with E-state index >= 15 is 0 Å². The van der Waals surface area contributed by atoms with Gasteiger partial charge in [0.1, 0.15) is 5.69 Å². The molecule has 4 N–H and O–H groups in total. The largest absolute Gasteiger partial charge is 0.481 e. The molecule has 2 atom stereocenters. The Morgan fingerprint density at radius 3 is 3.00 bits per heavy atom. The monoisotopic (exact) mass is 283 g/mol. The van der Waals surface area contributed by atoms with Gasteiger partial charge in [-0.15, -0.1) is 11.3 Å². The lowest BCUT2D eigenvalue weighted by Crippen LogP contribution is -2.40. The number of carbonyl (C=O) groups excluding carboxylic acids is 1. The van der Waals surface area contributed by atoms with E-state index in [1.165, 1.54) is 11.3 Å². The van der Waals surface area contributed by atoms with E-state index in [1.54, 1.807) is 5.38 Å². The van der Waals surface area contributed by atoms with E-state index < -0.39 is 11.9 Å². The summed E-state index contributed by atoms with van der Waals surface area (Å²) in [5.74, 6) is -1.62. The van der Waals surface area contributed by atoms with Crippen LogP contribution in [0.15, 0.2) is 5.38 Å². The summed E-state index contributed by atoms with van der Waals surface area (Å²) < 4.78 is 0. The Kier molecular flexibility index (Phi) is 4.49. The molecule has 1 aromatic heterocycles. The predicted octanol–water partition coefficient (Wildman–Crippen LogP) is 0.627. The number of aromatic nitrogens is 1. The molecule has 19 heavy (non-hydrogen) atoms. The van der Waals surface area contributed by atoms with Crippen LogP contribution in [0.5, 0.6) is 0 Å². The molecule has 0 aliphatic heterocycles. The SMILES string of the molecule is NCCc1nc(C(=O)NC2CCCC2C(=O)O)cs1. The molecule has 1 saturated carbocycles. The molecular formula is C12H17N3O3S. The third-order valence-electron chi connectivity index (χ3n) is 3.29. The molecule has 1 amide bonds. The van der Waals surface area contributed by atoms with E-state index in [-0.39, 0.29) is 11.9 Å². The molecule has 1 aliphatic carbocycles. The van der Waals surface area contributed by atoms with Crippen molar-refractivity contribution < 1.29 is 14.7 Å². The van der Waals surface area contributed by atoms with Gasteiger partial charge >= 0.3 is 5.97 Å². The van der Waals surface area contributed by atoms with Gasteiger partial charge < -0.3 is 16.2 Å². The second-order valence-corrected chi connectivity index (χ2v) is 5.56. The zero-order valence-corrected chi connectivity index (χ0v) is 11.3. The first-order valence-electron chi connectivity index (χ1n) is 6.30. The summed E-state index contributed by atoms with van der Waals surface area (Å²) >= 11 is 1.40. The van der Waals surface area contributed by atoms with Gasteiger partial charge in [0.25, 0.3) is 5.91 Å². The highest BCUT2D eigenvalue weighted by molar-refractivity contribution is 7.09. The van der Waals surface area contributed by atoms with Crippen molar-refractivity contribution >= 4 is 23.2 Å². The molecule has 0 radical (unpaired) electrons. The van der Waals surface area contributed by atoms with Crippen LogP contribution in [0.2, 0.25) is 0 Å². The Morgan fingerprint density at radius 1 is 1.53 bits per heavy atom. The molecule has 0 saturated heterocycles. The van der Waals surface area contributed by atoms with Crippen molar-refractivity contribution in [3.8, 4) is 0 Å². The summed E-state index contributed by atoms with van der Waals surface area (Å²) in [6.45, 7) is 0.498. The highest BCUT2D eigenvalue weighted by atomic mass is 32.1. The number of aliphatic carboxylic acids is 1. The third-order valence-corrected chi connectivity index (χ3v) is 4.20. The maximum Gasteiger partial charge on any atom is 0.308 e. The Bertz CT molecular complexity index is 475. The van der Waals surface area contributed by atoms with Gasteiger partial charge in [-0.3, -0.25) is 9.59 Å². The van der Waals surface area contributed by atoms with E-state index in [9.17, 15) is 9.59 Å². The predicted molar refractivity (Wildman–Crippen MR) is 71.1 cm³/mol. The fraction of sp³-hybridized carbons (Fsp3) is 0.583. The molecule has 2 rings (SSSR count). The summed E-state index contributed by atoms with van der Waals surface area (Å²) in [5, 5.41) is 14.4. The normalized spacial score (nSPS) is 22.4. The molecule has 0 spiro atoms. The standard InChI is InChI=1S/C12H17N3O3S/c13-5-4-10-14-9(6-19-10)11(16)15-8-3-1-2-7(8)12(17)18/h6-8H,1-5,13H2,(H,15,16)(H,17,18). The van der Waals surface area contributed by atoms with Gasteiger partial charge in [-0.2, -0.15) is 0 Å². The first-order valence-corrected chi connectivity index (χ1v) is 7.18. The summed E-state index contributed by atoms with van der Waals surface area (Å²) in [4.78, 5) is 27.2. The van der Waals surface area contributed by atoms with E-state index in [1.807, 2.05) is 0 Å². The molecule has 0 aromatic carbocycles. The van der Waals surface area contributed by atoms with Crippen molar-refractivity contribution in [2.24, 2.45) is 11.7 Å². The van der Waals surface area contributed by atoms with Crippen LogP contribution < -0.4 is 11.1 Å². The molecule has 1 heterocycles. The maximum absolute atomic E-state index is 12.0. The lowest BCUT2D eigenvalue weighted by Gasteiger charge is -2.16. The van der Waals surface area contributed by atoms with Gasteiger partial charge in [0.05, 0.1) is 10.9 Å². The molecule has 0 bridgehead atoms. The fourth-order valence-corrected chi connectivity index (χ4v) is 3.12. The first kappa shape index (κ1) is 14.0. The van der Waals surface area contributed by atoms with Crippen LogP contribution in [0, 0.1) is 5.92 Å². The number of amides is 1. The Balaban J connectivity index is 1.98. The lowest BCUT2D eigenvalue weighted by atomic mass is 10.0. The Hall–Kier alpha value is -1.47. The number of nitrogens with two attached hydrogens (primary N) is 1. The van der Waals surface area contributed by atoms with Crippen LogP contribution in [0.4, 0.5) is 0 Å². The number of carboxylic acids is 1. The number of carbonyl (C=O) groups is 2. The minimum atomic E-state index is -0.843. The average molecular weight is 283 g/mol. The molecule has 104 valence electrons. The second-order valence-electron chi connectivity index (χ2n) is 4.62. The summed E-state index contributed by atoms with van der Waals surface area (Å²) in [5.41, 5.74) is 5.78. The molecule has 1 aliphatic rings. The molecule has 2 unspecified atom stereocenters. The summed E-state index contributed by atoms with van der Waals surface area (Å²) in [7, 11) is 0.